The van der Waals surface area contributed by atoms with Crippen LogP contribution in [0, 0.1) is 0 Å². The van der Waals surface area contributed by atoms with E-state index in [9.17, 15) is 0 Å². The fourth-order valence-electron chi connectivity index (χ4n) is 3.99. The average Bonchev–Trinajstić information content (AvgIpc) is 3.56. The Kier molecular flexibility index (Phi) is 16.1. The first-order valence-corrected chi connectivity index (χ1v) is 15.8. The molecule has 0 spiro atoms. The Balaban J connectivity index is 0.000000191. The topological polar surface area (TPSA) is 52.5 Å². The van der Waals surface area contributed by atoms with Gasteiger partial charge in [-0.2, -0.15) is 0 Å². The normalized spacial score (nSPS) is 9.60. The molecule has 2 N–H and O–H groups in total. The number of thiocarbonyl (C=S) groups is 1. The summed E-state index contributed by atoms with van der Waals surface area (Å²) in [5.74, 6) is 0.539. The number of anilines is 2. The third kappa shape index (κ3) is 13.0. The number of nitrogens with zero attached hydrogens (tertiary/aromatic N) is 3. The van der Waals surface area contributed by atoms with Crippen molar-refractivity contribution in [3.8, 4) is 0 Å². The smallest absolute Gasteiger partial charge is 0.666 e. The van der Waals surface area contributed by atoms with Crippen LogP contribution in [0.1, 0.15) is 11.1 Å². The van der Waals surface area contributed by atoms with Gasteiger partial charge < -0.3 is 57.6 Å². The number of hydrogen-bond acceptors (Lipinski definition) is 6. The third-order valence-electron chi connectivity index (χ3n) is 6.09. The number of rotatable bonds is 6. The van der Waals surface area contributed by atoms with E-state index in [1.165, 1.54) is 15.8 Å². The van der Waals surface area contributed by atoms with Crippen molar-refractivity contribution in [2.45, 2.75) is 13.1 Å². The van der Waals surface area contributed by atoms with Crippen LogP contribution in [0.2, 0.25) is 0 Å². The zero-order valence-electron chi connectivity index (χ0n) is 24.5. The molecule has 5 nitrogen and oxygen atoms in total. The number of thiazole rings is 1. The summed E-state index contributed by atoms with van der Waals surface area (Å²) in [6.45, 7) is 1.52. The minimum absolute atomic E-state index is 0. The molecule has 0 radical (unpaired) electrons. The molecule has 0 aliphatic carbocycles. The van der Waals surface area contributed by atoms with Gasteiger partial charge in [-0.3, -0.25) is 0 Å². The first kappa shape index (κ1) is 35.7. The predicted molar refractivity (Wildman–Crippen MR) is 197 cm³/mol. The van der Waals surface area contributed by atoms with E-state index in [0.717, 1.165) is 30.0 Å². The maximum absolute atomic E-state index is 5.16. The number of hydrogen-bond donors (Lipinski definition) is 2. The van der Waals surface area contributed by atoms with E-state index in [1.807, 2.05) is 126 Å². The van der Waals surface area contributed by atoms with Gasteiger partial charge in [0.15, 0.2) is 5.96 Å². The van der Waals surface area contributed by atoms with Gasteiger partial charge in [-0.15, -0.1) is 11.3 Å². The summed E-state index contributed by atoms with van der Waals surface area (Å²) in [6, 6.07) is 48.1. The molecule has 0 amide bonds. The molecule has 6 rings (SSSR count). The monoisotopic (exact) mass is 713 g/mol. The maximum Gasteiger partial charge on any atom is 2.00 e. The zero-order valence-corrected chi connectivity index (χ0v) is 30.8. The second kappa shape index (κ2) is 20.3. The minimum atomic E-state index is 0. The van der Waals surface area contributed by atoms with Gasteiger partial charge in [0.05, 0.1) is 15.7 Å². The van der Waals surface area contributed by atoms with Crippen LogP contribution in [-0.2, 0) is 58.0 Å². The van der Waals surface area contributed by atoms with Crippen molar-refractivity contribution >= 4 is 80.9 Å². The van der Waals surface area contributed by atoms with Crippen LogP contribution in [0.3, 0.4) is 0 Å². The Morgan fingerprint density at radius 2 is 1.09 bits per heavy atom. The Morgan fingerprint density at radius 1 is 0.667 bits per heavy atom. The fraction of sp³-hybridized carbons (Fsp3) is 0.0571. The predicted octanol–water partition coefficient (Wildman–Crippen LogP) is 8.84. The van der Waals surface area contributed by atoms with E-state index >= 15 is 0 Å². The van der Waals surface area contributed by atoms with E-state index in [4.69, 9.17) is 37.7 Å². The summed E-state index contributed by atoms with van der Waals surface area (Å²) in [6.07, 6.45) is 0. The summed E-state index contributed by atoms with van der Waals surface area (Å²) in [5.41, 5.74) is 7.30. The van der Waals surface area contributed by atoms with E-state index in [-0.39, 0.29) is 19.5 Å². The number of aromatic nitrogens is 1. The third-order valence-corrected chi connectivity index (χ3v) is 7.60. The fourth-order valence-corrected chi connectivity index (χ4v) is 5.02. The Bertz CT molecular complexity index is 1590. The zero-order chi connectivity index (χ0) is 30.8. The molecule has 1 heterocycles. The van der Waals surface area contributed by atoms with Crippen LogP contribution in [0.25, 0.3) is 10.2 Å². The standard InChI is InChI=1S/C15H15NS2.C13H13N3S.C7H5NS.Zn/c17-15(18)16(11-13-7-3-1-4-8-13)12-14-9-5-2-6-10-14;17-16-13(14-11-7-3-1-4-8-11)15-12-9-5-2-6-10-12;1-2-4-7-6(3-1)8-5-9-7;/h1-10H,11-12H2,(H,17,18);1-10,17H,(H2,14,15,16);1-5H;/q;;;+2/p-2. The first-order chi connectivity index (χ1) is 21.6. The number of benzene rings is 5. The second-order valence-electron chi connectivity index (χ2n) is 9.34. The molecule has 5 aromatic carbocycles. The van der Waals surface area contributed by atoms with Gasteiger partial charge in [0.25, 0.3) is 0 Å². The molecule has 0 atom stereocenters. The van der Waals surface area contributed by atoms with Crippen molar-refractivity contribution in [1.82, 2.24) is 9.88 Å². The van der Waals surface area contributed by atoms with Crippen LogP contribution < -0.4 is 10.6 Å². The number of guanidine groups is 1. The summed E-state index contributed by atoms with van der Waals surface area (Å²) in [4.78, 5) is 6.17. The van der Waals surface area contributed by atoms with Crippen molar-refractivity contribution in [2.75, 3.05) is 10.6 Å². The molecule has 0 saturated carbocycles. The summed E-state index contributed by atoms with van der Waals surface area (Å²) in [5, 5.41) is 6.22. The molecular weight excluding hydrogens is 684 g/mol. The first-order valence-electron chi connectivity index (χ1n) is 13.8. The molecule has 0 bridgehead atoms. The Morgan fingerprint density at radius 3 is 1.51 bits per heavy atom. The summed E-state index contributed by atoms with van der Waals surface area (Å²) >= 11 is 16.7. The quantitative estimate of drug-likeness (QED) is 0.0588. The molecule has 0 saturated heterocycles. The summed E-state index contributed by atoms with van der Waals surface area (Å²) in [7, 11) is 0. The van der Waals surface area contributed by atoms with Crippen LogP contribution in [0.4, 0.5) is 11.4 Å². The average molecular weight is 715 g/mol. The van der Waals surface area contributed by atoms with Gasteiger partial charge >= 0.3 is 19.5 Å². The number of fused-ring (bicyclic) bond motifs is 1. The van der Waals surface area contributed by atoms with E-state index in [2.05, 4.69) is 50.3 Å². The summed E-state index contributed by atoms with van der Waals surface area (Å²) < 4.78 is 5.53. The van der Waals surface area contributed by atoms with Gasteiger partial charge in [0.1, 0.15) is 0 Å². The molecule has 45 heavy (non-hydrogen) atoms. The second-order valence-corrected chi connectivity index (χ2v) is 11.4. The van der Waals surface area contributed by atoms with E-state index < -0.39 is 0 Å². The number of para-hydroxylation sites is 3. The maximum atomic E-state index is 5.16. The number of nitrogens with one attached hydrogen (secondary N) is 2. The molecule has 0 aliphatic rings. The Labute approximate surface area is 298 Å². The van der Waals surface area contributed by atoms with Crippen LogP contribution >= 0.6 is 23.6 Å². The van der Waals surface area contributed by atoms with Crippen molar-refractivity contribution in [3.63, 3.8) is 0 Å². The molecular formula is C35H31N5S4Zn. The largest absolute Gasteiger partial charge is 2.00 e. The van der Waals surface area contributed by atoms with Crippen molar-refractivity contribution in [2.24, 2.45) is 4.40 Å². The van der Waals surface area contributed by atoms with Gasteiger partial charge in [0, 0.05) is 24.5 Å². The van der Waals surface area contributed by atoms with Crippen molar-refractivity contribution in [3.05, 3.63) is 162 Å². The molecule has 0 fully saturated rings. The van der Waals surface area contributed by atoms with Gasteiger partial charge in [0.2, 0.25) is 0 Å². The molecule has 0 aliphatic heterocycles. The van der Waals surface area contributed by atoms with Crippen LogP contribution in [-0.4, -0.2) is 20.2 Å². The minimum Gasteiger partial charge on any atom is -0.666 e. The molecule has 1 aromatic heterocycles. The molecule has 0 unspecified atom stereocenters. The Hall–Kier alpha value is -3.79. The van der Waals surface area contributed by atoms with Crippen LogP contribution in [0.5, 0.6) is 0 Å². The molecule has 6 aromatic rings. The van der Waals surface area contributed by atoms with E-state index in [0.29, 0.717) is 10.3 Å². The SMILES string of the molecule is S=C([S-])N(Cc1ccccc1)Cc1ccccc1.[S-]N=C(Nc1ccccc1)Nc1ccccc1.[Zn+2].c1ccc2scnc2c1. The van der Waals surface area contributed by atoms with E-state index in [1.54, 1.807) is 11.3 Å². The van der Waals surface area contributed by atoms with Crippen molar-refractivity contribution in [1.29, 1.82) is 0 Å². The molecule has 222 valence electrons. The van der Waals surface area contributed by atoms with Crippen LogP contribution in [0.15, 0.2) is 156 Å². The van der Waals surface area contributed by atoms with Gasteiger partial charge in [-0.25, -0.2) is 4.98 Å². The van der Waals surface area contributed by atoms with Gasteiger partial charge in [-0.1, -0.05) is 114 Å². The molecule has 10 heteroatoms. The van der Waals surface area contributed by atoms with Crippen molar-refractivity contribution < 1.29 is 19.5 Å². The van der Waals surface area contributed by atoms with Gasteiger partial charge in [-0.05, 0) is 47.5 Å².